The van der Waals surface area contributed by atoms with Gasteiger partial charge in [-0.25, -0.2) is 0 Å². The number of allylic oxidation sites excluding steroid dienone is 2. The van der Waals surface area contributed by atoms with Gasteiger partial charge in [0.25, 0.3) is 0 Å². The van der Waals surface area contributed by atoms with Crippen LogP contribution in [-0.4, -0.2) is 5.78 Å². The number of aryl methyl sites for hydroxylation is 1. The van der Waals surface area contributed by atoms with E-state index in [0.29, 0.717) is 5.92 Å². The van der Waals surface area contributed by atoms with Crippen molar-refractivity contribution in [2.45, 2.75) is 38.5 Å². The van der Waals surface area contributed by atoms with Gasteiger partial charge in [0.05, 0.1) is 0 Å². The summed E-state index contributed by atoms with van der Waals surface area (Å²) in [5.41, 5.74) is 3.22. The first-order valence-electron chi connectivity index (χ1n) is 6.68. The lowest BCUT2D eigenvalue weighted by atomic mass is 9.85. The lowest BCUT2D eigenvalue weighted by Gasteiger charge is -2.18. The summed E-state index contributed by atoms with van der Waals surface area (Å²) in [7, 11) is 0. The fourth-order valence-electron chi connectivity index (χ4n) is 3.08. The maximum Gasteiger partial charge on any atom is 0.188 e. The molecule has 17 heavy (non-hydrogen) atoms. The Morgan fingerprint density at radius 3 is 2.65 bits per heavy atom. The highest BCUT2D eigenvalue weighted by Gasteiger charge is 2.23. The molecular weight excluding hydrogens is 208 g/mol. The van der Waals surface area contributed by atoms with Gasteiger partial charge in [-0.15, -0.1) is 0 Å². The minimum atomic E-state index is 0.277. The van der Waals surface area contributed by atoms with Gasteiger partial charge >= 0.3 is 0 Å². The monoisotopic (exact) mass is 226 g/mol. The SMILES string of the molecule is O=C1C(=CC2CCCC2)CCc2ccccc21. The van der Waals surface area contributed by atoms with Gasteiger partial charge in [-0.3, -0.25) is 4.79 Å². The van der Waals surface area contributed by atoms with E-state index >= 15 is 0 Å². The highest BCUT2D eigenvalue weighted by molar-refractivity contribution is 6.10. The van der Waals surface area contributed by atoms with E-state index < -0.39 is 0 Å². The van der Waals surface area contributed by atoms with Gasteiger partial charge in [0.1, 0.15) is 0 Å². The van der Waals surface area contributed by atoms with Crippen molar-refractivity contribution >= 4 is 5.78 Å². The number of hydrogen-bond donors (Lipinski definition) is 0. The number of carbonyl (C=O) groups is 1. The maximum absolute atomic E-state index is 12.3. The highest BCUT2D eigenvalue weighted by Crippen LogP contribution is 2.31. The van der Waals surface area contributed by atoms with Gasteiger partial charge in [0.2, 0.25) is 0 Å². The molecule has 0 N–H and O–H groups in total. The van der Waals surface area contributed by atoms with E-state index in [1.54, 1.807) is 0 Å². The summed E-state index contributed by atoms with van der Waals surface area (Å²) in [5, 5.41) is 0. The molecule has 2 aliphatic rings. The van der Waals surface area contributed by atoms with Crippen molar-refractivity contribution in [1.29, 1.82) is 0 Å². The van der Waals surface area contributed by atoms with Gasteiger partial charge in [-0.2, -0.15) is 0 Å². The van der Waals surface area contributed by atoms with E-state index in [-0.39, 0.29) is 5.78 Å². The zero-order chi connectivity index (χ0) is 11.7. The van der Waals surface area contributed by atoms with Crippen LogP contribution >= 0.6 is 0 Å². The second-order valence-electron chi connectivity index (χ2n) is 5.22. The van der Waals surface area contributed by atoms with Gasteiger partial charge in [0.15, 0.2) is 5.78 Å². The quantitative estimate of drug-likeness (QED) is 0.663. The first-order valence-corrected chi connectivity index (χ1v) is 6.68. The van der Waals surface area contributed by atoms with Crippen molar-refractivity contribution in [1.82, 2.24) is 0 Å². The number of Topliss-reactive ketones (excluding diaryl/α,β-unsaturated/α-hetero) is 1. The molecule has 0 amide bonds. The van der Waals surface area contributed by atoms with Crippen LogP contribution in [0.3, 0.4) is 0 Å². The molecule has 1 aromatic carbocycles. The molecule has 0 bridgehead atoms. The third-order valence-electron chi connectivity index (χ3n) is 4.05. The van der Waals surface area contributed by atoms with Crippen LogP contribution in [0, 0.1) is 5.92 Å². The standard InChI is InChI=1S/C16H18O/c17-16-14(11-12-5-1-2-6-12)10-9-13-7-3-4-8-15(13)16/h3-4,7-8,11-12H,1-2,5-6,9-10H2. The van der Waals surface area contributed by atoms with Crippen LogP contribution in [0.25, 0.3) is 0 Å². The molecule has 0 atom stereocenters. The van der Waals surface area contributed by atoms with Crippen molar-refractivity contribution in [3.8, 4) is 0 Å². The predicted octanol–water partition coefficient (Wildman–Crippen LogP) is 3.93. The predicted molar refractivity (Wildman–Crippen MR) is 69.1 cm³/mol. The number of benzene rings is 1. The zero-order valence-electron chi connectivity index (χ0n) is 10.1. The van der Waals surface area contributed by atoms with Crippen LogP contribution in [-0.2, 0) is 6.42 Å². The summed E-state index contributed by atoms with van der Waals surface area (Å²) in [5.74, 6) is 0.943. The summed E-state index contributed by atoms with van der Waals surface area (Å²) in [6, 6.07) is 8.05. The minimum absolute atomic E-state index is 0.277. The van der Waals surface area contributed by atoms with E-state index in [1.807, 2.05) is 18.2 Å². The summed E-state index contributed by atoms with van der Waals surface area (Å²) in [6.45, 7) is 0. The molecule has 1 fully saturated rings. The third kappa shape index (κ3) is 2.06. The number of fused-ring (bicyclic) bond motifs is 1. The second-order valence-corrected chi connectivity index (χ2v) is 5.22. The molecule has 2 aliphatic carbocycles. The Morgan fingerprint density at radius 1 is 1.06 bits per heavy atom. The van der Waals surface area contributed by atoms with E-state index in [9.17, 15) is 4.79 Å². The molecule has 0 saturated heterocycles. The third-order valence-corrected chi connectivity index (χ3v) is 4.05. The molecule has 1 nitrogen and oxygen atoms in total. The largest absolute Gasteiger partial charge is 0.289 e. The lowest BCUT2D eigenvalue weighted by molar-refractivity contribution is 0.102. The first kappa shape index (κ1) is 10.8. The van der Waals surface area contributed by atoms with E-state index in [1.165, 1.54) is 31.2 Å². The molecule has 3 rings (SSSR count). The van der Waals surface area contributed by atoms with Crippen molar-refractivity contribution in [2.24, 2.45) is 5.92 Å². The topological polar surface area (TPSA) is 17.1 Å². The lowest BCUT2D eigenvalue weighted by Crippen LogP contribution is -2.14. The fourth-order valence-corrected chi connectivity index (χ4v) is 3.08. The number of hydrogen-bond acceptors (Lipinski definition) is 1. The summed E-state index contributed by atoms with van der Waals surface area (Å²) < 4.78 is 0. The zero-order valence-corrected chi connectivity index (χ0v) is 10.1. The average molecular weight is 226 g/mol. The van der Waals surface area contributed by atoms with Crippen molar-refractivity contribution in [2.75, 3.05) is 0 Å². The minimum Gasteiger partial charge on any atom is -0.289 e. The van der Waals surface area contributed by atoms with Crippen molar-refractivity contribution in [3.63, 3.8) is 0 Å². The van der Waals surface area contributed by atoms with E-state index in [0.717, 1.165) is 24.0 Å². The van der Waals surface area contributed by atoms with Crippen LogP contribution in [0.4, 0.5) is 0 Å². The molecule has 0 unspecified atom stereocenters. The Balaban J connectivity index is 1.88. The molecule has 0 aromatic heterocycles. The van der Waals surface area contributed by atoms with E-state index in [2.05, 4.69) is 12.1 Å². The average Bonchev–Trinajstić information content (AvgIpc) is 2.86. The van der Waals surface area contributed by atoms with Crippen LogP contribution in [0.2, 0.25) is 0 Å². The molecule has 0 heterocycles. The highest BCUT2D eigenvalue weighted by atomic mass is 16.1. The molecular formula is C16H18O. The Kier molecular flexibility index (Phi) is 2.84. The molecule has 1 heteroatoms. The number of ketones is 1. The van der Waals surface area contributed by atoms with Crippen molar-refractivity contribution < 1.29 is 4.79 Å². The molecule has 88 valence electrons. The molecule has 0 aliphatic heterocycles. The first-order chi connectivity index (χ1) is 8.34. The Morgan fingerprint density at radius 2 is 1.82 bits per heavy atom. The Hall–Kier alpha value is -1.37. The number of carbonyl (C=O) groups excluding carboxylic acids is 1. The second kappa shape index (κ2) is 4.48. The molecule has 0 spiro atoms. The number of rotatable bonds is 1. The van der Waals surface area contributed by atoms with Gasteiger partial charge in [-0.1, -0.05) is 43.2 Å². The van der Waals surface area contributed by atoms with Crippen LogP contribution in [0.5, 0.6) is 0 Å². The summed E-state index contributed by atoms with van der Waals surface area (Å²) in [4.78, 5) is 12.3. The van der Waals surface area contributed by atoms with Crippen LogP contribution < -0.4 is 0 Å². The van der Waals surface area contributed by atoms with Gasteiger partial charge in [-0.05, 0) is 42.7 Å². The van der Waals surface area contributed by atoms with Gasteiger partial charge < -0.3 is 0 Å². The summed E-state index contributed by atoms with van der Waals surface area (Å²) >= 11 is 0. The Labute approximate surface area is 103 Å². The normalized spacial score (nSPS) is 23.1. The smallest absolute Gasteiger partial charge is 0.188 e. The molecule has 0 radical (unpaired) electrons. The molecule has 1 aromatic rings. The summed E-state index contributed by atoms with van der Waals surface area (Å²) in [6.07, 6.45) is 9.45. The van der Waals surface area contributed by atoms with Crippen molar-refractivity contribution in [3.05, 3.63) is 47.0 Å². The fraction of sp³-hybridized carbons (Fsp3) is 0.438. The van der Waals surface area contributed by atoms with Gasteiger partial charge in [0, 0.05) is 5.56 Å². The van der Waals surface area contributed by atoms with Crippen LogP contribution in [0.15, 0.2) is 35.9 Å². The maximum atomic E-state index is 12.3. The van der Waals surface area contributed by atoms with Crippen LogP contribution in [0.1, 0.15) is 48.0 Å². The molecule has 1 saturated carbocycles. The van der Waals surface area contributed by atoms with E-state index in [4.69, 9.17) is 0 Å². The Bertz CT molecular complexity index is 464.